The van der Waals surface area contributed by atoms with E-state index in [2.05, 4.69) is 10.6 Å². The lowest BCUT2D eigenvalue weighted by Crippen LogP contribution is -2.28. The van der Waals surface area contributed by atoms with E-state index in [-0.39, 0.29) is 12.6 Å². The first kappa shape index (κ1) is 14.1. The third-order valence-corrected chi connectivity index (χ3v) is 2.90. The third-order valence-electron chi connectivity index (χ3n) is 2.90. The Morgan fingerprint density at radius 2 is 1.55 bits per heavy atom. The predicted octanol–water partition coefficient (Wildman–Crippen LogP) is 2.98. The molecule has 0 saturated carbocycles. The van der Waals surface area contributed by atoms with Crippen LogP contribution in [0.15, 0.2) is 54.6 Å². The highest BCUT2D eigenvalue weighted by Gasteiger charge is 2.01. The molecule has 4 heteroatoms. The first-order valence-electron chi connectivity index (χ1n) is 6.54. The second-order valence-electron chi connectivity index (χ2n) is 4.44. The van der Waals surface area contributed by atoms with Crippen LogP contribution < -0.4 is 10.6 Å². The van der Waals surface area contributed by atoms with Gasteiger partial charge in [0.2, 0.25) is 0 Å². The number of hydrogen-bond acceptors (Lipinski definition) is 1. The average Bonchev–Trinajstić information content (AvgIpc) is 2.48. The number of anilines is 1. The van der Waals surface area contributed by atoms with Gasteiger partial charge in [-0.3, -0.25) is 0 Å². The molecule has 0 fully saturated rings. The molecule has 2 aromatic carbocycles. The van der Waals surface area contributed by atoms with E-state index in [1.807, 2.05) is 54.6 Å². The maximum Gasteiger partial charge on any atom is 0.319 e. The van der Waals surface area contributed by atoms with Crippen LogP contribution in [-0.2, 0) is 18.1 Å². The summed E-state index contributed by atoms with van der Waals surface area (Å²) in [6.45, 7) is 0.355. The Bertz CT molecular complexity index is 538. The van der Waals surface area contributed by atoms with Gasteiger partial charge in [0.15, 0.2) is 0 Å². The molecule has 0 heterocycles. The SMILES string of the molecule is [O]CCc1ccc(CNC(=O)Nc2ccccc2)cc1. The molecule has 2 N–H and O–H groups in total. The van der Waals surface area contributed by atoms with Gasteiger partial charge in [-0.05, 0) is 29.7 Å². The van der Waals surface area contributed by atoms with Gasteiger partial charge in [0.25, 0.3) is 0 Å². The van der Waals surface area contributed by atoms with Gasteiger partial charge in [0.1, 0.15) is 0 Å². The van der Waals surface area contributed by atoms with Gasteiger partial charge >= 0.3 is 6.03 Å². The third kappa shape index (κ3) is 4.40. The minimum Gasteiger partial charge on any atom is -0.334 e. The van der Waals surface area contributed by atoms with E-state index < -0.39 is 0 Å². The quantitative estimate of drug-likeness (QED) is 0.861. The molecule has 1 radical (unpaired) electrons. The number of para-hydroxylation sites is 1. The number of hydrogen-bond donors (Lipinski definition) is 2. The fourth-order valence-electron chi connectivity index (χ4n) is 1.82. The van der Waals surface area contributed by atoms with Crippen LogP contribution in [0.5, 0.6) is 0 Å². The van der Waals surface area contributed by atoms with Crippen molar-refractivity contribution in [3.63, 3.8) is 0 Å². The van der Waals surface area contributed by atoms with Crippen molar-refractivity contribution >= 4 is 11.7 Å². The first-order valence-corrected chi connectivity index (χ1v) is 6.54. The number of amides is 2. The molecule has 0 atom stereocenters. The van der Waals surface area contributed by atoms with Crippen LogP contribution in [0.25, 0.3) is 0 Å². The minimum atomic E-state index is -0.236. The van der Waals surface area contributed by atoms with Crippen molar-refractivity contribution in [1.29, 1.82) is 0 Å². The Hall–Kier alpha value is -2.33. The smallest absolute Gasteiger partial charge is 0.319 e. The lowest BCUT2D eigenvalue weighted by Gasteiger charge is -2.08. The molecule has 2 aromatic rings. The Morgan fingerprint density at radius 3 is 2.20 bits per heavy atom. The number of carbonyl (C=O) groups is 1. The largest absolute Gasteiger partial charge is 0.334 e. The van der Waals surface area contributed by atoms with Gasteiger partial charge in [0.05, 0.1) is 6.61 Å². The van der Waals surface area contributed by atoms with Gasteiger partial charge in [0, 0.05) is 12.2 Å². The number of rotatable bonds is 5. The number of carbonyl (C=O) groups excluding carboxylic acids is 1. The minimum absolute atomic E-state index is 0.100. The van der Waals surface area contributed by atoms with Crippen LogP contribution in [0.4, 0.5) is 10.5 Å². The Labute approximate surface area is 118 Å². The van der Waals surface area contributed by atoms with E-state index >= 15 is 0 Å². The molecule has 20 heavy (non-hydrogen) atoms. The van der Waals surface area contributed by atoms with Crippen LogP contribution >= 0.6 is 0 Å². The standard InChI is InChI=1S/C16H17N2O2/c19-11-10-13-6-8-14(9-7-13)12-17-16(20)18-15-4-2-1-3-5-15/h1-9H,10-12H2,(H2,17,18,20). The van der Waals surface area contributed by atoms with E-state index in [4.69, 9.17) is 0 Å². The fourth-order valence-corrected chi connectivity index (χ4v) is 1.82. The summed E-state index contributed by atoms with van der Waals surface area (Å²) in [4.78, 5) is 11.7. The van der Waals surface area contributed by atoms with E-state index in [9.17, 15) is 9.90 Å². The maximum absolute atomic E-state index is 11.7. The summed E-state index contributed by atoms with van der Waals surface area (Å²) in [5.74, 6) is 0. The van der Waals surface area contributed by atoms with Gasteiger partial charge in [-0.25, -0.2) is 9.90 Å². The normalized spacial score (nSPS) is 10.1. The molecule has 2 rings (SSSR count). The summed E-state index contributed by atoms with van der Waals surface area (Å²) in [6.07, 6.45) is 0.544. The van der Waals surface area contributed by atoms with Crippen LogP contribution in [-0.4, -0.2) is 12.6 Å². The number of urea groups is 1. The maximum atomic E-state index is 11.7. The highest BCUT2D eigenvalue weighted by Crippen LogP contribution is 2.06. The predicted molar refractivity (Wildman–Crippen MR) is 78.0 cm³/mol. The van der Waals surface area contributed by atoms with Crippen molar-refractivity contribution < 1.29 is 9.90 Å². The van der Waals surface area contributed by atoms with Crippen molar-refractivity contribution in [2.45, 2.75) is 13.0 Å². The van der Waals surface area contributed by atoms with Crippen molar-refractivity contribution in [2.75, 3.05) is 11.9 Å². The van der Waals surface area contributed by atoms with Crippen LogP contribution in [0.3, 0.4) is 0 Å². The lowest BCUT2D eigenvalue weighted by atomic mass is 10.1. The average molecular weight is 269 g/mol. The van der Waals surface area contributed by atoms with Crippen molar-refractivity contribution in [2.24, 2.45) is 0 Å². The highest BCUT2D eigenvalue weighted by atomic mass is 16.3. The monoisotopic (exact) mass is 269 g/mol. The molecular weight excluding hydrogens is 252 g/mol. The van der Waals surface area contributed by atoms with E-state index in [0.29, 0.717) is 13.0 Å². The molecule has 103 valence electrons. The molecule has 0 saturated heterocycles. The molecular formula is C16H17N2O2. The van der Waals surface area contributed by atoms with Crippen LogP contribution in [0.1, 0.15) is 11.1 Å². The summed E-state index contributed by atoms with van der Waals surface area (Å²) >= 11 is 0. The summed E-state index contributed by atoms with van der Waals surface area (Å²) in [5.41, 5.74) is 2.79. The topological polar surface area (TPSA) is 61.0 Å². The molecule has 0 unspecified atom stereocenters. The molecule has 0 aliphatic rings. The van der Waals surface area contributed by atoms with Crippen molar-refractivity contribution in [3.05, 3.63) is 65.7 Å². The summed E-state index contributed by atoms with van der Waals surface area (Å²) in [7, 11) is 0. The Balaban J connectivity index is 1.81. The zero-order valence-corrected chi connectivity index (χ0v) is 11.1. The second kappa shape index (κ2) is 7.31. The zero-order valence-electron chi connectivity index (χ0n) is 11.1. The number of nitrogens with one attached hydrogen (secondary N) is 2. The van der Waals surface area contributed by atoms with E-state index in [0.717, 1.165) is 16.8 Å². The Kier molecular flexibility index (Phi) is 5.15. The van der Waals surface area contributed by atoms with Crippen molar-refractivity contribution in [3.8, 4) is 0 Å². The molecule has 2 amide bonds. The Morgan fingerprint density at radius 1 is 0.900 bits per heavy atom. The second-order valence-corrected chi connectivity index (χ2v) is 4.44. The van der Waals surface area contributed by atoms with E-state index in [1.54, 1.807) is 0 Å². The van der Waals surface area contributed by atoms with Gasteiger partial charge < -0.3 is 10.6 Å². The molecule has 0 aliphatic heterocycles. The fraction of sp³-hybridized carbons (Fsp3) is 0.188. The lowest BCUT2D eigenvalue weighted by molar-refractivity contribution is 0.197. The van der Waals surface area contributed by atoms with Crippen LogP contribution in [0, 0.1) is 0 Å². The van der Waals surface area contributed by atoms with Gasteiger partial charge in [-0.15, -0.1) is 0 Å². The van der Waals surface area contributed by atoms with Crippen LogP contribution in [0.2, 0.25) is 0 Å². The molecule has 0 aromatic heterocycles. The molecule has 0 bridgehead atoms. The molecule has 4 nitrogen and oxygen atoms in total. The molecule has 0 aliphatic carbocycles. The van der Waals surface area contributed by atoms with Gasteiger partial charge in [-0.2, -0.15) is 0 Å². The summed E-state index contributed by atoms with van der Waals surface area (Å²) < 4.78 is 0. The molecule has 0 spiro atoms. The summed E-state index contributed by atoms with van der Waals surface area (Å²) in [6, 6.07) is 16.7. The zero-order chi connectivity index (χ0) is 14.2. The number of benzene rings is 2. The van der Waals surface area contributed by atoms with Gasteiger partial charge in [-0.1, -0.05) is 42.5 Å². The first-order chi connectivity index (χ1) is 9.78. The van der Waals surface area contributed by atoms with E-state index in [1.165, 1.54) is 0 Å². The highest BCUT2D eigenvalue weighted by molar-refractivity contribution is 5.89. The van der Waals surface area contributed by atoms with Crippen molar-refractivity contribution in [1.82, 2.24) is 5.32 Å². The summed E-state index contributed by atoms with van der Waals surface area (Å²) in [5, 5.41) is 16.0.